The van der Waals surface area contributed by atoms with Gasteiger partial charge >= 0.3 is 0 Å². The van der Waals surface area contributed by atoms with E-state index < -0.39 is 0 Å². The molecule has 0 aromatic rings. The molecule has 0 heterocycles. The lowest BCUT2D eigenvalue weighted by molar-refractivity contribution is -0.121. The summed E-state index contributed by atoms with van der Waals surface area (Å²) in [4.78, 5) is 11.4. The van der Waals surface area contributed by atoms with Crippen LogP contribution in [0.2, 0.25) is 0 Å². The summed E-state index contributed by atoms with van der Waals surface area (Å²) in [5.41, 5.74) is 5.48. The topological polar surface area (TPSA) is 55.1 Å². The number of hydrogen-bond donors (Lipinski definition) is 2. The summed E-state index contributed by atoms with van der Waals surface area (Å²) in [6.45, 7) is 3.64. The van der Waals surface area contributed by atoms with Crippen molar-refractivity contribution in [3.8, 4) is 0 Å². The zero-order valence-corrected chi connectivity index (χ0v) is 9.09. The van der Waals surface area contributed by atoms with E-state index in [1.807, 2.05) is 0 Å². The van der Waals surface area contributed by atoms with E-state index >= 15 is 0 Å². The fourth-order valence-corrected chi connectivity index (χ4v) is 1.54. The maximum Gasteiger partial charge on any atom is 0.220 e. The molecule has 1 atom stereocenters. The maximum atomic E-state index is 11.4. The number of nitrogens with two attached hydrogens (primary N) is 1. The second-order valence-corrected chi connectivity index (χ2v) is 4.48. The van der Waals surface area contributed by atoms with Crippen molar-refractivity contribution in [1.82, 2.24) is 5.32 Å². The summed E-state index contributed by atoms with van der Waals surface area (Å²) in [7, 11) is 0. The molecule has 0 radical (unpaired) electrons. The van der Waals surface area contributed by atoms with Crippen LogP contribution < -0.4 is 11.1 Å². The Balaban J connectivity index is 1.97. The molecule has 0 aliphatic heterocycles. The molecule has 14 heavy (non-hydrogen) atoms. The Morgan fingerprint density at radius 1 is 1.57 bits per heavy atom. The van der Waals surface area contributed by atoms with Gasteiger partial charge in [-0.25, -0.2) is 0 Å². The van der Waals surface area contributed by atoms with Gasteiger partial charge in [0.25, 0.3) is 0 Å². The molecule has 1 amide bonds. The summed E-state index contributed by atoms with van der Waals surface area (Å²) in [5.74, 6) is 1.41. The summed E-state index contributed by atoms with van der Waals surface area (Å²) in [5, 5.41) is 2.98. The number of hydrogen-bond acceptors (Lipinski definition) is 2. The van der Waals surface area contributed by atoms with E-state index in [1.54, 1.807) is 0 Å². The molecule has 3 N–H and O–H groups in total. The molecule has 0 spiro atoms. The van der Waals surface area contributed by atoms with Gasteiger partial charge in [-0.05, 0) is 37.6 Å². The Morgan fingerprint density at radius 3 is 2.79 bits per heavy atom. The summed E-state index contributed by atoms with van der Waals surface area (Å²) in [6.07, 6.45) is 5.46. The van der Waals surface area contributed by atoms with Gasteiger partial charge in [-0.2, -0.15) is 0 Å². The van der Waals surface area contributed by atoms with Crippen LogP contribution in [-0.2, 0) is 4.79 Å². The molecule has 1 aliphatic rings. The summed E-state index contributed by atoms with van der Waals surface area (Å²) in [6, 6.07) is 0. The second-order valence-electron chi connectivity index (χ2n) is 4.48. The van der Waals surface area contributed by atoms with E-state index in [0.717, 1.165) is 18.9 Å². The third-order valence-electron chi connectivity index (χ3n) is 3.08. The minimum atomic E-state index is 0.192. The maximum absolute atomic E-state index is 11.4. The molecule has 0 bridgehead atoms. The molecule has 0 saturated heterocycles. The Morgan fingerprint density at radius 2 is 2.29 bits per heavy atom. The quantitative estimate of drug-likeness (QED) is 0.675. The first-order chi connectivity index (χ1) is 6.72. The number of carbonyl (C=O) groups is 1. The minimum Gasteiger partial charge on any atom is -0.356 e. The first-order valence-electron chi connectivity index (χ1n) is 5.69. The Kier molecular flexibility index (Phi) is 4.94. The predicted octanol–water partition coefficient (Wildman–Crippen LogP) is 1.28. The molecule has 1 aliphatic carbocycles. The van der Waals surface area contributed by atoms with Crippen molar-refractivity contribution >= 4 is 5.91 Å². The molecular weight excluding hydrogens is 176 g/mol. The molecule has 3 heteroatoms. The van der Waals surface area contributed by atoms with E-state index in [2.05, 4.69) is 12.2 Å². The van der Waals surface area contributed by atoms with Crippen LogP contribution in [0.4, 0.5) is 0 Å². The molecule has 0 aromatic carbocycles. The Labute approximate surface area is 86.4 Å². The lowest BCUT2D eigenvalue weighted by atomic mass is 9.85. The summed E-state index contributed by atoms with van der Waals surface area (Å²) >= 11 is 0. The average molecular weight is 198 g/mol. The number of rotatable bonds is 6. The van der Waals surface area contributed by atoms with E-state index in [-0.39, 0.29) is 5.91 Å². The standard InChI is InChI=1S/C11H22N2O/c1-9(7-12)5-6-11(14)13-8-10-3-2-4-10/h9-10H,2-8,12H2,1H3,(H,13,14). The monoisotopic (exact) mass is 198 g/mol. The van der Waals surface area contributed by atoms with Gasteiger partial charge in [-0.1, -0.05) is 13.3 Å². The Hall–Kier alpha value is -0.570. The van der Waals surface area contributed by atoms with Gasteiger partial charge in [0.2, 0.25) is 5.91 Å². The van der Waals surface area contributed by atoms with Crippen LogP contribution in [0.5, 0.6) is 0 Å². The largest absolute Gasteiger partial charge is 0.356 e. The molecule has 1 rings (SSSR count). The van der Waals surface area contributed by atoms with E-state index in [9.17, 15) is 4.79 Å². The first kappa shape index (κ1) is 11.5. The van der Waals surface area contributed by atoms with Gasteiger partial charge in [0, 0.05) is 13.0 Å². The van der Waals surface area contributed by atoms with Crippen LogP contribution >= 0.6 is 0 Å². The van der Waals surface area contributed by atoms with Crippen molar-refractivity contribution < 1.29 is 4.79 Å². The van der Waals surface area contributed by atoms with Crippen LogP contribution in [0.15, 0.2) is 0 Å². The van der Waals surface area contributed by atoms with Gasteiger partial charge in [-0.15, -0.1) is 0 Å². The van der Waals surface area contributed by atoms with Crippen molar-refractivity contribution in [1.29, 1.82) is 0 Å². The molecule has 1 saturated carbocycles. The van der Waals surface area contributed by atoms with Gasteiger partial charge in [0.05, 0.1) is 0 Å². The molecule has 82 valence electrons. The minimum absolute atomic E-state index is 0.192. The van der Waals surface area contributed by atoms with E-state index in [0.29, 0.717) is 18.9 Å². The summed E-state index contributed by atoms with van der Waals surface area (Å²) < 4.78 is 0. The fraction of sp³-hybridized carbons (Fsp3) is 0.909. The lowest BCUT2D eigenvalue weighted by Crippen LogP contribution is -2.32. The highest BCUT2D eigenvalue weighted by atomic mass is 16.1. The van der Waals surface area contributed by atoms with Gasteiger partial charge in [0.1, 0.15) is 0 Å². The first-order valence-corrected chi connectivity index (χ1v) is 5.69. The predicted molar refractivity (Wildman–Crippen MR) is 57.8 cm³/mol. The second kappa shape index (κ2) is 6.02. The van der Waals surface area contributed by atoms with E-state index in [4.69, 9.17) is 5.73 Å². The fourth-order valence-electron chi connectivity index (χ4n) is 1.54. The van der Waals surface area contributed by atoms with Crippen molar-refractivity contribution in [3.63, 3.8) is 0 Å². The van der Waals surface area contributed by atoms with Gasteiger partial charge in [-0.3, -0.25) is 4.79 Å². The number of nitrogens with one attached hydrogen (secondary N) is 1. The molecule has 1 fully saturated rings. The third-order valence-corrected chi connectivity index (χ3v) is 3.08. The molecule has 1 unspecified atom stereocenters. The van der Waals surface area contributed by atoms with Gasteiger partial charge in [0.15, 0.2) is 0 Å². The van der Waals surface area contributed by atoms with Crippen molar-refractivity contribution in [2.45, 2.75) is 39.0 Å². The number of amides is 1. The average Bonchev–Trinajstić information content (AvgIpc) is 2.11. The van der Waals surface area contributed by atoms with Crippen LogP contribution in [0.3, 0.4) is 0 Å². The lowest BCUT2D eigenvalue weighted by Gasteiger charge is -2.25. The van der Waals surface area contributed by atoms with Crippen LogP contribution in [0.25, 0.3) is 0 Å². The molecule has 0 aromatic heterocycles. The van der Waals surface area contributed by atoms with Crippen molar-refractivity contribution in [2.24, 2.45) is 17.6 Å². The van der Waals surface area contributed by atoms with Crippen molar-refractivity contribution in [2.75, 3.05) is 13.1 Å². The van der Waals surface area contributed by atoms with Crippen molar-refractivity contribution in [3.05, 3.63) is 0 Å². The van der Waals surface area contributed by atoms with Gasteiger partial charge < -0.3 is 11.1 Å². The highest BCUT2D eigenvalue weighted by molar-refractivity contribution is 5.75. The zero-order chi connectivity index (χ0) is 10.4. The highest BCUT2D eigenvalue weighted by Gasteiger charge is 2.17. The Bertz CT molecular complexity index is 167. The third kappa shape index (κ3) is 4.09. The van der Waals surface area contributed by atoms with Crippen LogP contribution in [-0.4, -0.2) is 19.0 Å². The zero-order valence-electron chi connectivity index (χ0n) is 9.09. The van der Waals surface area contributed by atoms with Crippen LogP contribution in [0, 0.1) is 11.8 Å². The van der Waals surface area contributed by atoms with Crippen LogP contribution in [0.1, 0.15) is 39.0 Å². The highest BCUT2D eigenvalue weighted by Crippen LogP contribution is 2.25. The van der Waals surface area contributed by atoms with E-state index in [1.165, 1.54) is 19.3 Å². The SMILES string of the molecule is CC(CN)CCC(=O)NCC1CCC1. The normalized spacial score (nSPS) is 18.7. The number of carbonyl (C=O) groups excluding carboxylic acids is 1. The molecular formula is C11H22N2O. The molecule has 3 nitrogen and oxygen atoms in total. The smallest absolute Gasteiger partial charge is 0.220 e.